The Morgan fingerprint density at radius 2 is 1.32 bits per heavy atom. The first kappa shape index (κ1) is 16.0. The maximum Gasteiger partial charge on any atom is 0.118 e. The van der Waals surface area contributed by atoms with Gasteiger partial charge < -0.3 is 10.5 Å². The summed E-state index contributed by atoms with van der Waals surface area (Å²) in [6.45, 7) is 0.849. The van der Waals surface area contributed by atoms with Crippen LogP contribution in [0.2, 0.25) is 0 Å². The van der Waals surface area contributed by atoms with Gasteiger partial charge in [-0.25, -0.2) is 0 Å². The van der Waals surface area contributed by atoms with Crippen LogP contribution in [0.4, 0.5) is 0 Å². The fourth-order valence-electron chi connectivity index (χ4n) is 2.33. The van der Waals surface area contributed by atoms with E-state index in [1.807, 2.05) is 12.1 Å². The summed E-state index contributed by atoms with van der Waals surface area (Å²) in [7, 11) is 1.71. The van der Waals surface area contributed by atoms with Gasteiger partial charge in [-0.1, -0.05) is 50.7 Å². The summed E-state index contributed by atoms with van der Waals surface area (Å²) < 4.78 is 5.16. The smallest absolute Gasteiger partial charge is 0.118 e. The Kier molecular flexibility index (Phi) is 9.17. The van der Waals surface area contributed by atoms with Crippen molar-refractivity contribution in [1.29, 1.82) is 0 Å². The minimum atomic E-state index is 0.849. The van der Waals surface area contributed by atoms with E-state index in [9.17, 15) is 0 Å². The molecule has 0 bridgehead atoms. The molecule has 0 fully saturated rings. The third kappa shape index (κ3) is 7.89. The van der Waals surface area contributed by atoms with Crippen molar-refractivity contribution in [2.24, 2.45) is 5.73 Å². The monoisotopic (exact) mass is 263 g/mol. The molecule has 0 spiro atoms. The number of methoxy groups -OCH3 is 1. The largest absolute Gasteiger partial charge is 0.497 e. The van der Waals surface area contributed by atoms with E-state index in [0.29, 0.717) is 0 Å². The molecule has 2 nitrogen and oxygen atoms in total. The minimum Gasteiger partial charge on any atom is -0.497 e. The van der Waals surface area contributed by atoms with Gasteiger partial charge in [-0.3, -0.25) is 0 Å². The summed E-state index contributed by atoms with van der Waals surface area (Å²) in [4.78, 5) is 0. The van der Waals surface area contributed by atoms with E-state index in [2.05, 4.69) is 12.1 Å². The Labute approximate surface area is 118 Å². The maximum atomic E-state index is 5.47. The molecule has 0 aliphatic heterocycles. The first-order valence-electron chi connectivity index (χ1n) is 7.70. The standard InChI is InChI=1S/C17H29NO/c1-19-17-13-11-16(12-14-17)10-8-6-4-2-3-5-7-9-15-18/h11-14H,2-10,15,18H2,1H3. The van der Waals surface area contributed by atoms with Crippen molar-refractivity contribution >= 4 is 0 Å². The maximum absolute atomic E-state index is 5.47. The van der Waals surface area contributed by atoms with Crippen LogP contribution in [-0.2, 0) is 6.42 Å². The zero-order valence-electron chi connectivity index (χ0n) is 12.4. The lowest BCUT2D eigenvalue weighted by molar-refractivity contribution is 0.414. The second kappa shape index (κ2) is 10.9. The topological polar surface area (TPSA) is 35.2 Å². The lowest BCUT2D eigenvalue weighted by Crippen LogP contribution is -1.97. The average molecular weight is 263 g/mol. The van der Waals surface area contributed by atoms with Crippen LogP contribution < -0.4 is 10.5 Å². The number of rotatable bonds is 11. The number of benzene rings is 1. The minimum absolute atomic E-state index is 0.849. The van der Waals surface area contributed by atoms with Crippen LogP contribution in [0, 0.1) is 0 Å². The fraction of sp³-hybridized carbons (Fsp3) is 0.647. The SMILES string of the molecule is COc1ccc(CCCCCCCCCCN)cc1. The predicted molar refractivity (Wildman–Crippen MR) is 82.7 cm³/mol. The molecule has 0 saturated carbocycles. The molecule has 0 amide bonds. The number of nitrogens with two attached hydrogens (primary N) is 1. The van der Waals surface area contributed by atoms with Crippen LogP contribution >= 0.6 is 0 Å². The number of ether oxygens (including phenoxy) is 1. The predicted octanol–water partition coefficient (Wildman–Crippen LogP) is 4.32. The van der Waals surface area contributed by atoms with Gasteiger partial charge in [0, 0.05) is 0 Å². The Morgan fingerprint density at radius 3 is 1.84 bits per heavy atom. The zero-order chi connectivity index (χ0) is 13.8. The second-order valence-electron chi connectivity index (χ2n) is 5.22. The van der Waals surface area contributed by atoms with E-state index in [-0.39, 0.29) is 0 Å². The molecular weight excluding hydrogens is 234 g/mol. The van der Waals surface area contributed by atoms with Crippen molar-refractivity contribution in [1.82, 2.24) is 0 Å². The molecular formula is C17H29NO. The quantitative estimate of drug-likeness (QED) is 0.604. The van der Waals surface area contributed by atoms with Crippen LogP contribution in [0.15, 0.2) is 24.3 Å². The first-order valence-corrected chi connectivity index (χ1v) is 7.70. The van der Waals surface area contributed by atoms with E-state index >= 15 is 0 Å². The molecule has 0 aromatic heterocycles. The number of aryl methyl sites for hydroxylation is 1. The van der Waals surface area contributed by atoms with Gasteiger partial charge >= 0.3 is 0 Å². The Morgan fingerprint density at radius 1 is 0.789 bits per heavy atom. The third-order valence-corrected chi connectivity index (χ3v) is 3.58. The van der Waals surface area contributed by atoms with Crippen LogP contribution in [0.3, 0.4) is 0 Å². The normalized spacial score (nSPS) is 10.6. The van der Waals surface area contributed by atoms with E-state index in [1.165, 1.54) is 63.4 Å². The third-order valence-electron chi connectivity index (χ3n) is 3.58. The molecule has 0 aliphatic carbocycles. The van der Waals surface area contributed by atoms with Gasteiger partial charge in [0.1, 0.15) is 5.75 Å². The molecule has 108 valence electrons. The van der Waals surface area contributed by atoms with Gasteiger partial charge in [0.2, 0.25) is 0 Å². The van der Waals surface area contributed by atoms with Gasteiger partial charge in [-0.15, -0.1) is 0 Å². The Bertz CT molecular complexity index is 308. The first-order chi connectivity index (χ1) is 9.36. The van der Waals surface area contributed by atoms with E-state index in [0.717, 1.165) is 12.3 Å². The lowest BCUT2D eigenvalue weighted by Gasteiger charge is -2.04. The molecule has 0 radical (unpaired) electrons. The molecule has 19 heavy (non-hydrogen) atoms. The fourth-order valence-corrected chi connectivity index (χ4v) is 2.33. The highest BCUT2D eigenvalue weighted by atomic mass is 16.5. The highest BCUT2D eigenvalue weighted by molar-refractivity contribution is 5.27. The van der Waals surface area contributed by atoms with Crippen molar-refractivity contribution in [3.05, 3.63) is 29.8 Å². The molecule has 2 heteroatoms. The average Bonchev–Trinajstić information content (AvgIpc) is 2.46. The summed E-state index contributed by atoms with van der Waals surface area (Å²) in [6.07, 6.45) is 11.8. The summed E-state index contributed by atoms with van der Waals surface area (Å²) in [6, 6.07) is 8.44. The summed E-state index contributed by atoms with van der Waals surface area (Å²) in [5.41, 5.74) is 6.89. The van der Waals surface area contributed by atoms with Crippen molar-refractivity contribution in [3.63, 3.8) is 0 Å². The van der Waals surface area contributed by atoms with Gasteiger partial charge in [-0.05, 0) is 43.5 Å². The number of hydrogen-bond acceptors (Lipinski definition) is 2. The molecule has 0 saturated heterocycles. The zero-order valence-corrected chi connectivity index (χ0v) is 12.4. The molecule has 0 unspecified atom stereocenters. The van der Waals surface area contributed by atoms with Gasteiger partial charge in [0.15, 0.2) is 0 Å². The van der Waals surface area contributed by atoms with Crippen LogP contribution in [0.1, 0.15) is 56.9 Å². The van der Waals surface area contributed by atoms with Crippen molar-refractivity contribution in [2.75, 3.05) is 13.7 Å². The molecule has 0 aliphatic rings. The van der Waals surface area contributed by atoms with Crippen molar-refractivity contribution in [2.45, 2.75) is 57.8 Å². The summed E-state index contributed by atoms with van der Waals surface area (Å²) in [5, 5.41) is 0. The van der Waals surface area contributed by atoms with E-state index < -0.39 is 0 Å². The lowest BCUT2D eigenvalue weighted by atomic mass is 10.0. The number of unbranched alkanes of at least 4 members (excludes halogenated alkanes) is 7. The Balaban J connectivity index is 1.95. The summed E-state index contributed by atoms with van der Waals surface area (Å²) in [5.74, 6) is 0.946. The van der Waals surface area contributed by atoms with Gasteiger partial charge in [-0.2, -0.15) is 0 Å². The second-order valence-corrected chi connectivity index (χ2v) is 5.22. The molecule has 0 heterocycles. The van der Waals surface area contributed by atoms with E-state index in [1.54, 1.807) is 7.11 Å². The molecule has 1 aromatic carbocycles. The molecule has 2 N–H and O–H groups in total. The Hall–Kier alpha value is -1.02. The molecule has 1 aromatic rings. The number of hydrogen-bond donors (Lipinski definition) is 1. The van der Waals surface area contributed by atoms with Gasteiger partial charge in [0.05, 0.1) is 7.11 Å². The highest BCUT2D eigenvalue weighted by Crippen LogP contribution is 2.14. The highest BCUT2D eigenvalue weighted by Gasteiger charge is 1.96. The summed E-state index contributed by atoms with van der Waals surface area (Å²) >= 11 is 0. The van der Waals surface area contributed by atoms with Crippen LogP contribution in [0.5, 0.6) is 5.75 Å². The van der Waals surface area contributed by atoms with Gasteiger partial charge in [0.25, 0.3) is 0 Å². The molecule has 1 rings (SSSR count). The molecule has 0 atom stereocenters. The van der Waals surface area contributed by atoms with Crippen LogP contribution in [-0.4, -0.2) is 13.7 Å². The van der Waals surface area contributed by atoms with Crippen molar-refractivity contribution in [3.8, 4) is 5.75 Å². The van der Waals surface area contributed by atoms with E-state index in [4.69, 9.17) is 10.5 Å². The van der Waals surface area contributed by atoms with Crippen molar-refractivity contribution < 1.29 is 4.74 Å². The van der Waals surface area contributed by atoms with Crippen LogP contribution in [0.25, 0.3) is 0 Å².